The molecule has 114 valence electrons. The first kappa shape index (κ1) is 14.8. The highest BCUT2D eigenvalue weighted by Gasteiger charge is 2.33. The van der Waals surface area contributed by atoms with Gasteiger partial charge < -0.3 is 9.64 Å². The summed E-state index contributed by atoms with van der Waals surface area (Å²) in [6.07, 6.45) is -0.209. The lowest BCUT2D eigenvalue weighted by atomic mass is 10.1. The molecule has 2 heterocycles. The summed E-state index contributed by atoms with van der Waals surface area (Å²) in [5, 5.41) is 3.21. The fraction of sp³-hybridized carbons (Fsp3) is 0.533. The molecule has 1 amide bonds. The number of nitrogens with zero attached hydrogens (tertiary/aromatic N) is 1. The summed E-state index contributed by atoms with van der Waals surface area (Å²) in [6.45, 7) is 3.10. The van der Waals surface area contributed by atoms with Gasteiger partial charge in [0.2, 0.25) is 5.91 Å². The molecule has 3 rings (SSSR count). The highest BCUT2D eigenvalue weighted by atomic mass is 32.2. The Labute approximate surface area is 128 Å². The van der Waals surface area contributed by atoms with E-state index in [9.17, 15) is 9.18 Å². The van der Waals surface area contributed by atoms with Crippen molar-refractivity contribution in [2.24, 2.45) is 0 Å². The van der Waals surface area contributed by atoms with Gasteiger partial charge in [-0.3, -0.25) is 10.1 Å². The van der Waals surface area contributed by atoms with Crippen molar-refractivity contribution in [1.29, 1.82) is 0 Å². The predicted octanol–water partition coefficient (Wildman–Crippen LogP) is 1.78. The van der Waals surface area contributed by atoms with Crippen LogP contribution in [0, 0.1) is 5.82 Å². The number of halogens is 1. The van der Waals surface area contributed by atoms with E-state index in [1.165, 1.54) is 12.1 Å². The van der Waals surface area contributed by atoms with E-state index in [0.29, 0.717) is 13.1 Å². The number of hydrogen-bond acceptors (Lipinski definition) is 4. The molecule has 2 aliphatic heterocycles. The average molecular weight is 310 g/mol. The van der Waals surface area contributed by atoms with Crippen molar-refractivity contribution >= 4 is 17.7 Å². The van der Waals surface area contributed by atoms with E-state index in [1.807, 2.05) is 11.8 Å². The van der Waals surface area contributed by atoms with Crippen molar-refractivity contribution in [3.8, 4) is 0 Å². The molecule has 0 aliphatic carbocycles. The monoisotopic (exact) mass is 310 g/mol. The Bertz CT molecular complexity index is 505. The molecule has 0 saturated carbocycles. The predicted molar refractivity (Wildman–Crippen MR) is 80.5 cm³/mol. The van der Waals surface area contributed by atoms with Gasteiger partial charge in [0, 0.05) is 18.2 Å². The number of amides is 1. The SMILES string of the molecule is C[C@@H]1CN(C(=O)[C@@H]2CSCN2)C[C@@H](c2ccc(F)cc2)O1. The molecule has 0 unspecified atom stereocenters. The Balaban J connectivity index is 1.71. The van der Waals surface area contributed by atoms with Gasteiger partial charge >= 0.3 is 0 Å². The van der Waals surface area contributed by atoms with E-state index in [-0.39, 0.29) is 30.0 Å². The van der Waals surface area contributed by atoms with Crippen LogP contribution in [-0.2, 0) is 9.53 Å². The lowest BCUT2D eigenvalue weighted by Gasteiger charge is -2.38. The van der Waals surface area contributed by atoms with Crippen LogP contribution in [0.2, 0.25) is 0 Å². The minimum absolute atomic E-state index is 0.0215. The van der Waals surface area contributed by atoms with Gasteiger partial charge in [-0.1, -0.05) is 12.1 Å². The van der Waals surface area contributed by atoms with E-state index in [0.717, 1.165) is 17.2 Å². The molecule has 0 radical (unpaired) electrons. The summed E-state index contributed by atoms with van der Waals surface area (Å²) < 4.78 is 18.9. The van der Waals surface area contributed by atoms with Crippen molar-refractivity contribution in [2.75, 3.05) is 24.7 Å². The van der Waals surface area contributed by atoms with Crippen LogP contribution in [0.4, 0.5) is 4.39 Å². The average Bonchev–Trinajstić information content (AvgIpc) is 3.00. The van der Waals surface area contributed by atoms with Crippen LogP contribution < -0.4 is 5.32 Å². The number of benzene rings is 1. The first-order valence-corrected chi connectivity index (χ1v) is 8.30. The molecular formula is C15H19FN2O2S. The van der Waals surface area contributed by atoms with Crippen LogP contribution in [-0.4, -0.2) is 47.7 Å². The molecule has 0 bridgehead atoms. The van der Waals surface area contributed by atoms with Gasteiger partial charge in [0.1, 0.15) is 11.9 Å². The summed E-state index contributed by atoms with van der Waals surface area (Å²) in [5.41, 5.74) is 0.912. The Morgan fingerprint density at radius 2 is 2.14 bits per heavy atom. The number of rotatable bonds is 2. The van der Waals surface area contributed by atoms with E-state index in [2.05, 4.69) is 5.32 Å². The van der Waals surface area contributed by atoms with Crippen LogP contribution in [0.15, 0.2) is 24.3 Å². The van der Waals surface area contributed by atoms with Gasteiger partial charge in [0.25, 0.3) is 0 Å². The standard InChI is InChI=1S/C15H19FN2O2S/c1-10-6-18(15(19)13-8-21-9-17-13)7-14(20-10)11-2-4-12(16)5-3-11/h2-5,10,13-14,17H,6-9H2,1H3/t10-,13+,14+/m1/s1. The Kier molecular flexibility index (Phi) is 4.47. The normalized spacial score (nSPS) is 29.6. The number of carbonyl (C=O) groups is 1. The highest BCUT2D eigenvalue weighted by Crippen LogP contribution is 2.26. The summed E-state index contributed by atoms with van der Waals surface area (Å²) in [7, 11) is 0. The Morgan fingerprint density at radius 3 is 2.81 bits per heavy atom. The van der Waals surface area contributed by atoms with Crippen molar-refractivity contribution in [3.63, 3.8) is 0 Å². The molecule has 2 fully saturated rings. The van der Waals surface area contributed by atoms with Crippen LogP contribution in [0.1, 0.15) is 18.6 Å². The van der Waals surface area contributed by atoms with Gasteiger partial charge in [0.05, 0.1) is 18.7 Å². The minimum atomic E-state index is -0.261. The van der Waals surface area contributed by atoms with Crippen LogP contribution in [0.3, 0.4) is 0 Å². The van der Waals surface area contributed by atoms with Crippen LogP contribution >= 0.6 is 11.8 Å². The number of morpholine rings is 1. The molecule has 2 aliphatic rings. The van der Waals surface area contributed by atoms with E-state index in [1.54, 1.807) is 23.9 Å². The van der Waals surface area contributed by atoms with Gasteiger partial charge in [-0.15, -0.1) is 11.8 Å². The van der Waals surface area contributed by atoms with E-state index >= 15 is 0 Å². The maximum absolute atomic E-state index is 13.0. The second-order valence-corrected chi connectivity index (χ2v) is 6.53. The van der Waals surface area contributed by atoms with Crippen molar-refractivity contribution in [2.45, 2.75) is 25.2 Å². The molecule has 0 aromatic heterocycles. The van der Waals surface area contributed by atoms with Crippen LogP contribution in [0.5, 0.6) is 0 Å². The molecule has 2 saturated heterocycles. The summed E-state index contributed by atoms with van der Waals surface area (Å²) in [4.78, 5) is 14.4. The fourth-order valence-electron chi connectivity index (χ4n) is 2.77. The second-order valence-electron chi connectivity index (χ2n) is 5.50. The molecule has 0 spiro atoms. The second kappa shape index (κ2) is 6.34. The topological polar surface area (TPSA) is 41.6 Å². The van der Waals surface area contributed by atoms with E-state index in [4.69, 9.17) is 4.74 Å². The number of ether oxygens (including phenoxy) is 1. The maximum atomic E-state index is 13.0. The third-order valence-corrected chi connectivity index (χ3v) is 4.77. The highest BCUT2D eigenvalue weighted by molar-refractivity contribution is 7.99. The third kappa shape index (κ3) is 3.39. The molecule has 21 heavy (non-hydrogen) atoms. The zero-order chi connectivity index (χ0) is 14.8. The van der Waals surface area contributed by atoms with Crippen LogP contribution in [0.25, 0.3) is 0 Å². The minimum Gasteiger partial charge on any atom is -0.367 e. The maximum Gasteiger partial charge on any atom is 0.240 e. The van der Waals surface area contributed by atoms with Crippen molar-refractivity contribution < 1.29 is 13.9 Å². The van der Waals surface area contributed by atoms with Gasteiger partial charge in [0.15, 0.2) is 0 Å². The van der Waals surface area contributed by atoms with Gasteiger partial charge in [-0.25, -0.2) is 4.39 Å². The van der Waals surface area contributed by atoms with E-state index < -0.39 is 0 Å². The van der Waals surface area contributed by atoms with Gasteiger partial charge in [-0.2, -0.15) is 0 Å². The van der Waals surface area contributed by atoms with Crippen molar-refractivity contribution in [3.05, 3.63) is 35.6 Å². The number of hydrogen-bond donors (Lipinski definition) is 1. The molecule has 1 N–H and O–H groups in total. The Hall–Kier alpha value is -1.11. The molecule has 4 nitrogen and oxygen atoms in total. The Morgan fingerprint density at radius 1 is 1.38 bits per heavy atom. The first-order chi connectivity index (χ1) is 10.1. The summed E-state index contributed by atoms with van der Waals surface area (Å²) >= 11 is 1.74. The smallest absolute Gasteiger partial charge is 0.240 e. The molecule has 3 atom stereocenters. The number of carbonyl (C=O) groups excluding carboxylic acids is 1. The molecule has 6 heteroatoms. The lowest BCUT2D eigenvalue weighted by Crippen LogP contribution is -2.52. The first-order valence-electron chi connectivity index (χ1n) is 7.14. The van der Waals surface area contributed by atoms with Gasteiger partial charge in [-0.05, 0) is 24.6 Å². The molecule has 1 aromatic carbocycles. The molecular weight excluding hydrogens is 291 g/mol. The molecule has 1 aromatic rings. The fourth-order valence-corrected chi connectivity index (χ4v) is 3.70. The number of thioether (sulfide) groups is 1. The number of nitrogens with one attached hydrogen (secondary N) is 1. The summed E-state index contributed by atoms with van der Waals surface area (Å²) in [6, 6.07) is 6.22. The summed E-state index contributed by atoms with van der Waals surface area (Å²) in [5.74, 6) is 1.54. The third-order valence-electron chi connectivity index (χ3n) is 3.83. The largest absolute Gasteiger partial charge is 0.367 e. The van der Waals surface area contributed by atoms with Crippen molar-refractivity contribution in [1.82, 2.24) is 10.2 Å². The zero-order valence-electron chi connectivity index (χ0n) is 11.9. The zero-order valence-corrected chi connectivity index (χ0v) is 12.7. The lowest BCUT2D eigenvalue weighted by molar-refractivity contribution is -0.146. The quantitative estimate of drug-likeness (QED) is 0.904.